The van der Waals surface area contributed by atoms with Crippen LogP contribution in [0.15, 0.2) is 0 Å². The van der Waals surface area contributed by atoms with Gasteiger partial charge in [-0.1, -0.05) is 0 Å². The number of ether oxygens (including phenoxy) is 2. The number of sulfonamides is 1. The maximum absolute atomic E-state index is 12.5. The van der Waals surface area contributed by atoms with Crippen LogP contribution in [0.1, 0.15) is 12.8 Å². The van der Waals surface area contributed by atoms with Crippen molar-refractivity contribution in [3.63, 3.8) is 0 Å². The molecule has 2 fully saturated rings. The van der Waals surface area contributed by atoms with E-state index in [4.69, 9.17) is 9.47 Å². The summed E-state index contributed by atoms with van der Waals surface area (Å²) in [4.78, 5) is 14.2. The molecule has 0 aromatic heterocycles. The van der Waals surface area contributed by atoms with Gasteiger partial charge in [-0.25, -0.2) is 8.42 Å². The lowest BCUT2D eigenvalue weighted by atomic mass is 10.2. The Morgan fingerprint density at radius 2 is 2.00 bits per heavy atom. The summed E-state index contributed by atoms with van der Waals surface area (Å²) in [5, 5.41) is 0. The van der Waals surface area contributed by atoms with Crippen LogP contribution in [0.4, 0.5) is 0 Å². The predicted octanol–water partition coefficient (Wildman–Crippen LogP) is -0.714. The van der Waals surface area contributed by atoms with Gasteiger partial charge in [-0.05, 0) is 12.8 Å². The van der Waals surface area contributed by atoms with Crippen LogP contribution >= 0.6 is 0 Å². The van der Waals surface area contributed by atoms with Crippen molar-refractivity contribution in [2.75, 3.05) is 52.3 Å². The fraction of sp³-hybridized carbons (Fsp3) is 0.917. The third-order valence-corrected chi connectivity index (χ3v) is 5.55. The number of nitrogens with zero attached hydrogens (tertiary/aromatic N) is 2. The average molecular weight is 306 g/mol. The molecule has 0 aromatic carbocycles. The summed E-state index contributed by atoms with van der Waals surface area (Å²) < 4.78 is 35.9. The molecular formula is C12H22N2O5S. The van der Waals surface area contributed by atoms with Crippen LogP contribution in [0.25, 0.3) is 0 Å². The summed E-state index contributed by atoms with van der Waals surface area (Å²) in [6.07, 6.45) is 1.33. The molecule has 0 aromatic rings. The van der Waals surface area contributed by atoms with Crippen molar-refractivity contribution in [1.82, 2.24) is 9.21 Å². The quantitative estimate of drug-likeness (QED) is 0.670. The summed E-state index contributed by atoms with van der Waals surface area (Å²) in [6, 6.07) is -0.546. The second kappa shape index (κ2) is 6.84. The largest absolute Gasteiger partial charge is 0.384 e. The van der Waals surface area contributed by atoms with Crippen LogP contribution in [-0.4, -0.2) is 81.9 Å². The molecule has 20 heavy (non-hydrogen) atoms. The molecule has 1 atom stereocenters. The van der Waals surface area contributed by atoms with Gasteiger partial charge in [0, 0.05) is 26.7 Å². The number of carbonyl (C=O) groups is 1. The molecule has 2 saturated heterocycles. The van der Waals surface area contributed by atoms with Gasteiger partial charge in [-0.15, -0.1) is 0 Å². The summed E-state index contributed by atoms with van der Waals surface area (Å²) >= 11 is 0. The zero-order valence-electron chi connectivity index (χ0n) is 11.8. The van der Waals surface area contributed by atoms with Crippen LogP contribution in [0.3, 0.4) is 0 Å². The Hall–Kier alpha value is -0.700. The Labute approximate surface area is 119 Å². The standard InChI is InChI=1S/C12H22N2O5S/c1-18-9-10-20(16,17)14-4-2-3-11(14)12(15)13-5-7-19-8-6-13/h11H,2-10H2,1H3/t11-/m0/s1. The van der Waals surface area contributed by atoms with E-state index < -0.39 is 16.1 Å². The number of methoxy groups -OCH3 is 1. The number of morpholine rings is 1. The van der Waals surface area contributed by atoms with Crippen LogP contribution in [0, 0.1) is 0 Å². The van der Waals surface area contributed by atoms with Gasteiger partial charge in [0.15, 0.2) is 0 Å². The maximum atomic E-state index is 12.5. The Morgan fingerprint density at radius 1 is 1.30 bits per heavy atom. The van der Waals surface area contributed by atoms with Gasteiger partial charge in [0.1, 0.15) is 6.04 Å². The van der Waals surface area contributed by atoms with E-state index in [1.54, 1.807) is 4.90 Å². The fourth-order valence-electron chi connectivity index (χ4n) is 2.62. The van der Waals surface area contributed by atoms with Gasteiger partial charge < -0.3 is 14.4 Å². The number of hydrogen-bond donors (Lipinski definition) is 0. The first-order valence-electron chi connectivity index (χ1n) is 6.91. The molecule has 7 nitrogen and oxygen atoms in total. The highest BCUT2D eigenvalue weighted by atomic mass is 32.2. The third-order valence-electron chi connectivity index (χ3n) is 3.71. The number of hydrogen-bond acceptors (Lipinski definition) is 5. The Kier molecular flexibility index (Phi) is 5.36. The van der Waals surface area contributed by atoms with Crippen molar-refractivity contribution in [1.29, 1.82) is 0 Å². The first-order chi connectivity index (χ1) is 9.56. The van der Waals surface area contributed by atoms with Crippen molar-refractivity contribution in [2.45, 2.75) is 18.9 Å². The van der Waals surface area contributed by atoms with Crippen molar-refractivity contribution in [2.24, 2.45) is 0 Å². The van der Waals surface area contributed by atoms with E-state index in [0.29, 0.717) is 39.3 Å². The summed E-state index contributed by atoms with van der Waals surface area (Å²) in [5.74, 6) is -0.164. The van der Waals surface area contributed by atoms with E-state index >= 15 is 0 Å². The molecule has 8 heteroatoms. The van der Waals surface area contributed by atoms with Gasteiger partial charge in [-0.3, -0.25) is 4.79 Å². The molecule has 0 radical (unpaired) electrons. The van der Waals surface area contributed by atoms with E-state index in [0.717, 1.165) is 6.42 Å². The average Bonchev–Trinajstić information content (AvgIpc) is 2.95. The van der Waals surface area contributed by atoms with Crippen LogP contribution in [-0.2, 0) is 24.3 Å². The molecule has 0 N–H and O–H groups in total. The molecule has 1 amide bonds. The first kappa shape index (κ1) is 15.7. The Balaban J connectivity index is 2.04. The SMILES string of the molecule is COCCS(=O)(=O)N1CCC[C@H]1C(=O)N1CCOCC1. The van der Waals surface area contributed by atoms with Crippen molar-refractivity contribution in [3.8, 4) is 0 Å². The topological polar surface area (TPSA) is 76.2 Å². The molecule has 0 bridgehead atoms. The lowest BCUT2D eigenvalue weighted by Crippen LogP contribution is -2.51. The fourth-order valence-corrected chi connectivity index (χ4v) is 4.22. The highest BCUT2D eigenvalue weighted by Gasteiger charge is 2.40. The molecule has 116 valence electrons. The van der Waals surface area contributed by atoms with Gasteiger partial charge in [-0.2, -0.15) is 4.31 Å². The smallest absolute Gasteiger partial charge is 0.241 e. The summed E-state index contributed by atoms with van der Waals surface area (Å²) in [6.45, 7) is 2.70. The minimum absolute atomic E-state index is 0.0730. The first-order valence-corrected chi connectivity index (χ1v) is 8.52. The molecule has 2 heterocycles. The number of amides is 1. The number of carbonyl (C=O) groups excluding carboxylic acids is 1. The molecule has 2 rings (SSSR count). The molecule has 0 spiro atoms. The van der Waals surface area contributed by atoms with Crippen LogP contribution in [0.2, 0.25) is 0 Å². The zero-order chi connectivity index (χ0) is 14.6. The van der Waals surface area contributed by atoms with E-state index in [1.165, 1.54) is 11.4 Å². The molecule has 0 saturated carbocycles. The summed E-state index contributed by atoms with van der Waals surface area (Å²) in [5.41, 5.74) is 0. The Morgan fingerprint density at radius 3 is 2.65 bits per heavy atom. The van der Waals surface area contributed by atoms with E-state index in [2.05, 4.69) is 0 Å². The van der Waals surface area contributed by atoms with Crippen molar-refractivity contribution < 1.29 is 22.7 Å². The van der Waals surface area contributed by atoms with Crippen molar-refractivity contribution >= 4 is 15.9 Å². The summed E-state index contributed by atoms with van der Waals surface area (Å²) in [7, 11) is -1.96. The van der Waals surface area contributed by atoms with Gasteiger partial charge in [0.2, 0.25) is 15.9 Å². The van der Waals surface area contributed by atoms with E-state index in [9.17, 15) is 13.2 Å². The van der Waals surface area contributed by atoms with Crippen LogP contribution in [0.5, 0.6) is 0 Å². The highest BCUT2D eigenvalue weighted by Crippen LogP contribution is 2.23. The Bertz CT molecular complexity index is 433. The second-order valence-electron chi connectivity index (χ2n) is 5.02. The van der Waals surface area contributed by atoms with Gasteiger partial charge in [0.25, 0.3) is 0 Å². The van der Waals surface area contributed by atoms with E-state index in [1.807, 2.05) is 0 Å². The van der Waals surface area contributed by atoms with E-state index in [-0.39, 0.29) is 18.3 Å². The number of rotatable bonds is 5. The monoisotopic (exact) mass is 306 g/mol. The van der Waals surface area contributed by atoms with Crippen molar-refractivity contribution in [3.05, 3.63) is 0 Å². The minimum Gasteiger partial charge on any atom is -0.384 e. The highest BCUT2D eigenvalue weighted by molar-refractivity contribution is 7.89. The zero-order valence-corrected chi connectivity index (χ0v) is 12.6. The molecule has 0 unspecified atom stereocenters. The second-order valence-corrected chi connectivity index (χ2v) is 7.06. The van der Waals surface area contributed by atoms with Crippen LogP contribution < -0.4 is 0 Å². The van der Waals surface area contributed by atoms with Gasteiger partial charge >= 0.3 is 0 Å². The normalized spacial score (nSPS) is 25.1. The lowest BCUT2D eigenvalue weighted by molar-refractivity contribution is -0.138. The molecule has 2 aliphatic rings. The lowest BCUT2D eigenvalue weighted by Gasteiger charge is -2.32. The minimum atomic E-state index is -3.43. The van der Waals surface area contributed by atoms with Gasteiger partial charge in [0.05, 0.1) is 25.6 Å². The predicted molar refractivity (Wildman–Crippen MR) is 72.8 cm³/mol. The maximum Gasteiger partial charge on any atom is 0.241 e. The molecular weight excluding hydrogens is 284 g/mol. The third kappa shape index (κ3) is 3.49. The molecule has 0 aliphatic carbocycles. The molecule has 2 aliphatic heterocycles.